The monoisotopic (exact) mass is 229 g/mol. The summed E-state index contributed by atoms with van der Waals surface area (Å²) in [6.07, 6.45) is 7.10. The fourth-order valence-electron chi connectivity index (χ4n) is 2.38. The molecule has 2 atom stereocenters. The molecule has 2 nitrogen and oxygen atoms in total. The third kappa shape index (κ3) is 4.33. The molecule has 2 saturated heterocycles. The average Bonchev–Trinajstić information content (AvgIpc) is 2.88. The Kier molecular flexibility index (Phi) is 5.30. The van der Waals surface area contributed by atoms with E-state index in [-0.39, 0.29) is 0 Å². The Morgan fingerprint density at radius 1 is 1.33 bits per heavy atom. The van der Waals surface area contributed by atoms with Crippen LogP contribution in [0.3, 0.4) is 0 Å². The van der Waals surface area contributed by atoms with Gasteiger partial charge < -0.3 is 10.1 Å². The zero-order valence-corrected chi connectivity index (χ0v) is 10.4. The van der Waals surface area contributed by atoms with Gasteiger partial charge in [0.2, 0.25) is 0 Å². The lowest BCUT2D eigenvalue weighted by atomic mass is 10.1. The summed E-state index contributed by atoms with van der Waals surface area (Å²) >= 11 is 2.11. The van der Waals surface area contributed by atoms with Crippen molar-refractivity contribution in [1.82, 2.24) is 5.32 Å². The first kappa shape index (κ1) is 11.7. The Morgan fingerprint density at radius 2 is 2.33 bits per heavy atom. The summed E-state index contributed by atoms with van der Waals surface area (Å²) in [7, 11) is 0. The van der Waals surface area contributed by atoms with Gasteiger partial charge in [0.15, 0.2) is 0 Å². The number of hydrogen-bond donors (Lipinski definition) is 1. The van der Waals surface area contributed by atoms with Crippen LogP contribution in [0.4, 0.5) is 0 Å². The van der Waals surface area contributed by atoms with Crippen molar-refractivity contribution in [1.29, 1.82) is 0 Å². The summed E-state index contributed by atoms with van der Waals surface area (Å²) in [5.41, 5.74) is 0. The maximum absolute atomic E-state index is 5.60. The van der Waals surface area contributed by atoms with Crippen LogP contribution in [-0.2, 0) is 4.74 Å². The van der Waals surface area contributed by atoms with Gasteiger partial charge in [-0.2, -0.15) is 11.8 Å². The van der Waals surface area contributed by atoms with Crippen LogP contribution in [0.1, 0.15) is 32.1 Å². The lowest BCUT2D eigenvalue weighted by Crippen LogP contribution is -2.24. The zero-order chi connectivity index (χ0) is 10.3. The Morgan fingerprint density at radius 3 is 3.07 bits per heavy atom. The molecule has 2 rings (SSSR count). The van der Waals surface area contributed by atoms with Gasteiger partial charge in [-0.15, -0.1) is 0 Å². The van der Waals surface area contributed by atoms with E-state index in [2.05, 4.69) is 17.1 Å². The predicted molar refractivity (Wildman–Crippen MR) is 66.5 cm³/mol. The average molecular weight is 229 g/mol. The summed E-state index contributed by atoms with van der Waals surface area (Å²) in [4.78, 5) is 0. The van der Waals surface area contributed by atoms with Crippen LogP contribution in [-0.4, -0.2) is 37.3 Å². The smallest absolute Gasteiger partial charge is 0.0576 e. The van der Waals surface area contributed by atoms with Gasteiger partial charge in [0.1, 0.15) is 0 Å². The maximum atomic E-state index is 5.60. The minimum Gasteiger partial charge on any atom is -0.378 e. The normalized spacial score (nSPS) is 31.2. The van der Waals surface area contributed by atoms with E-state index < -0.39 is 0 Å². The van der Waals surface area contributed by atoms with Crippen LogP contribution in [0.2, 0.25) is 0 Å². The molecule has 0 spiro atoms. The van der Waals surface area contributed by atoms with Crippen molar-refractivity contribution in [2.75, 3.05) is 31.2 Å². The van der Waals surface area contributed by atoms with E-state index in [1.807, 2.05) is 0 Å². The highest BCUT2D eigenvalue weighted by molar-refractivity contribution is 7.99. The van der Waals surface area contributed by atoms with E-state index in [9.17, 15) is 0 Å². The fraction of sp³-hybridized carbons (Fsp3) is 1.00. The van der Waals surface area contributed by atoms with E-state index >= 15 is 0 Å². The van der Waals surface area contributed by atoms with Crippen LogP contribution < -0.4 is 5.32 Å². The van der Waals surface area contributed by atoms with Crippen LogP contribution in [0.15, 0.2) is 0 Å². The van der Waals surface area contributed by atoms with Crippen molar-refractivity contribution in [2.24, 2.45) is 5.92 Å². The summed E-state index contributed by atoms with van der Waals surface area (Å²) in [5.74, 6) is 3.69. The van der Waals surface area contributed by atoms with Crippen molar-refractivity contribution in [2.45, 2.75) is 38.2 Å². The molecule has 0 aromatic carbocycles. The quantitative estimate of drug-likeness (QED) is 0.706. The van der Waals surface area contributed by atoms with Gasteiger partial charge in [0.25, 0.3) is 0 Å². The first-order valence-corrected chi connectivity index (χ1v) is 7.50. The molecule has 2 aliphatic heterocycles. The highest BCUT2D eigenvalue weighted by Gasteiger charge is 2.16. The molecular weight excluding hydrogens is 206 g/mol. The Bertz CT molecular complexity index is 147. The third-order valence-electron chi connectivity index (χ3n) is 3.36. The van der Waals surface area contributed by atoms with Gasteiger partial charge in [-0.25, -0.2) is 0 Å². The van der Waals surface area contributed by atoms with Gasteiger partial charge in [-0.05, 0) is 62.6 Å². The molecule has 0 radical (unpaired) electrons. The molecule has 3 heteroatoms. The van der Waals surface area contributed by atoms with E-state index in [4.69, 9.17) is 4.74 Å². The number of ether oxygens (including phenoxy) is 1. The first-order chi connectivity index (χ1) is 7.45. The van der Waals surface area contributed by atoms with Gasteiger partial charge in [0.05, 0.1) is 6.10 Å². The highest BCUT2D eigenvalue weighted by Crippen LogP contribution is 2.22. The Labute approximate surface area is 97.5 Å². The van der Waals surface area contributed by atoms with Crippen molar-refractivity contribution in [3.8, 4) is 0 Å². The van der Waals surface area contributed by atoms with Gasteiger partial charge in [-0.3, -0.25) is 0 Å². The lowest BCUT2D eigenvalue weighted by Gasteiger charge is -2.11. The summed E-state index contributed by atoms with van der Waals surface area (Å²) in [6.45, 7) is 3.41. The van der Waals surface area contributed by atoms with Crippen molar-refractivity contribution >= 4 is 11.8 Å². The molecule has 15 heavy (non-hydrogen) atoms. The SMILES string of the molecule is C(CNCC1CCSC1)CC1CCCO1. The second-order valence-electron chi connectivity index (χ2n) is 4.71. The van der Waals surface area contributed by atoms with Gasteiger partial charge >= 0.3 is 0 Å². The fourth-order valence-corrected chi connectivity index (χ4v) is 3.66. The Hall–Kier alpha value is 0.270. The van der Waals surface area contributed by atoms with E-state index in [1.54, 1.807) is 0 Å². The third-order valence-corrected chi connectivity index (χ3v) is 4.59. The second kappa shape index (κ2) is 6.77. The minimum atomic E-state index is 0.578. The maximum Gasteiger partial charge on any atom is 0.0576 e. The molecule has 0 saturated carbocycles. The molecule has 2 aliphatic rings. The summed E-state index contributed by atoms with van der Waals surface area (Å²) < 4.78 is 5.60. The highest BCUT2D eigenvalue weighted by atomic mass is 32.2. The standard InChI is InChI=1S/C12H23NOS/c1(3-12-4-2-7-14-12)6-13-9-11-5-8-15-10-11/h11-13H,1-10H2. The number of rotatable bonds is 6. The zero-order valence-electron chi connectivity index (χ0n) is 9.54. The topological polar surface area (TPSA) is 21.3 Å². The summed E-state index contributed by atoms with van der Waals surface area (Å²) in [5, 5.41) is 3.58. The number of nitrogens with one attached hydrogen (secondary N) is 1. The summed E-state index contributed by atoms with van der Waals surface area (Å²) in [6, 6.07) is 0. The molecule has 1 N–H and O–H groups in total. The molecular formula is C12H23NOS. The van der Waals surface area contributed by atoms with Crippen LogP contribution in [0.5, 0.6) is 0 Å². The van der Waals surface area contributed by atoms with Crippen LogP contribution in [0.25, 0.3) is 0 Å². The largest absolute Gasteiger partial charge is 0.378 e. The predicted octanol–water partition coefficient (Wildman–Crippen LogP) is 2.29. The molecule has 0 bridgehead atoms. The van der Waals surface area contributed by atoms with Crippen LogP contribution >= 0.6 is 11.8 Å². The van der Waals surface area contributed by atoms with Crippen molar-refractivity contribution in [3.05, 3.63) is 0 Å². The van der Waals surface area contributed by atoms with Gasteiger partial charge in [0, 0.05) is 6.61 Å². The number of thioether (sulfide) groups is 1. The molecule has 2 heterocycles. The molecule has 0 aliphatic carbocycles. The van der Waals surface area contributed by atoms with Crippen molar-refractivity contribution in [3.63, 3.8) is 0 Å². The van der Waals surface area contributed by atoms with E-state index in [0.29, 0.717) is 6.10 Å². The molecule has 0 amide bonds. The molecule has 2 unspecified atom stereocenters. The molecule has 0 aromatic heterocycles. The molecule has 88 valence electrons. The number of hydrogen-bond acceptors (Lipinski definition) is 3. The molecule has 0 aromatic rings. The molecule has 2 fully saturated rings. The van der Waals surface area contributed by atoms with Gasteiger partial charge in [-0.1, -0.05) is 0 Å². The Balaban J connectivity index is 1.41. The minimum absolute atomic E-state index is 0.578. The van der Waals surface area contributed by atoms with E-state index in [1.165, 1.54) is 56.7 Å². The second-order valence-corrected chi connectivity index (χ2v) is 5.86. The van der Waals surface area contributed by atoms with Crippen molar-refractivity contribution < 1.29 is 4.74 Å². The van der Waals surface area contributed by atoms with E-state index in [0.717, 1.165) is 12.5 Å². The lowest BCUT2D eigenvalue weighted by molar-refractivity contribution is 0.102. The first-order valence-electron chi connectivity index (χ1n) is 6.35. The van der Waals surface area contributed by atoms with Crippen LogP contribution in [0, 0.1) is 5.92 Å².